The molecule has 2 aliphatic rings. The summed E-state index contributed by atoms with van der Waals surface area (Å²) in [5.74, 6) is -0.344. The molecule has 0 unspecified atom stereocenters. The Hall–Kier alpha value is -4.08. The highest BCUT2D eigenvalue weighted by molar-refractivity contribution is 6.08. The molecule has 10 heteroatoms. The third-order valence-corrected chi connectivity index (χ3v) is 6.60. The molecule has 4 rings (SSSR count). The van der Waals surface area contributed by atoms with E-state index in [1.54, 1.807) is 36.4 Å². The topological polar surface area (TPSA) is 126 Å². The maximum Gasteiger partial charge on any atom is 0.325 e. The Morgan fingerprint density at radius 2 is 1.56 bits per heavy atom. The van der Waals surface area contributed by atoms with Gasteiger partial charge in [-0.15, -0.1) is 0 Å². The Bertz CT molecular complexity index is 1160. The van der Waals surface area contributed by atoms with E-state index in [1.807, 2.05) is 6.07 Å². The normalized spacial score (nSPS) is 16.4. The van der Waals surface area contributed by atoms with E-state index >= 15 is 0 Å². The summed E-state index contributed by atoms with van der Waals surface area (Å²) in [6.07, 6.45) is 4.02. The average Bonchev–Trinajstić information content (AvgIpc) is 3.11. The van der Waals surface area contributed by atoms with Gasteiger partial charge in [0.05, 0.1) is 25.6 Å². The van der Waals surface area contributed by atoms with Crippen LogP contribution in [0.25, 0.3) is 0 Å². The highest BCUT2D eigenvalue weighted by atomic mass is 16.5. The van der Waals surface area contributed by atoms with Crippen LogP contribution in [0.2, 0.25) is 0 Å². The number of amides is 5. The third kappa shape index (κ3) is 5.12. The monoisotopic (exact) mass is 494 g/mol. The molecule has 5 amide bonds. The van der Waals surface area contributed by atoms with Crippen LogP contribution < -0.4 is 25.4 Å². The summed E-state index contributed by atoms with van der Waals surface area (Å²) in [5, 5.41) is 8.38. The fourth-order valence-electron chi connectivity index (χ4n) is 4.68. The van der Waals surface area contributed by atoms with Gasteiger partial charge in [-0.2, -0.15) is 0 Å². The molecule has 0 aromatic heterocycles. The molecule has 0 radical (unpaired) electrons. The van der Waals surface area contributed by atoms with Crippen molar-refractivity contribution in [3.8, 4) is 11.5 Å². The number of urea groups is 1. The van der Waals surface area contributed by atoms with Crippen LogP contribution in [0.3, 0.4) is 0 Å². The molecule has 190 valence electrons. The maximum absolute atomic E-state index is 12.9. The second-order valence-corrected chi connectivity index (χ2v) is 8.90. The number of anilines is 2. The van der Waals surface area contributed by atoms with E-state index in [0.29, 0.717) is 41.3 Å². The Balaban J connectivity index is 1.42. The van der Waals surface area contributed by atoms with E-state index in [9.17, 15) is 19.2 Å². The van der Waals surface area contributed by atoms with Crippen LogP contribution in [0.5, 0.6) is 11.5 Å². The molecule has 2 aromatic rings. The second kappa shape index (κ2) is 10.7. The summed E-state index contributed by atoms with van der Waals surface area (Å²) in [7, 11) is 2.89. The second-order valence-electron chi connectivity index (χ2n) is 8.90. The minimum atomic E-state index is -0.817. The lowest BCUT2D eigenvalue weighted by Crippen LogP contribution is -2.48. The summed E-state index contributed by atoms with van der Waals surface area (Å²) in [6, 6.07) is 11.4. The van der Waals surface area contributed by atoms with Crippen molar-refractivity contribution in [3.63, 3.8) is 0 Å². The van der Waals surface area contributed by atoms with E-state index in [-0.39, 0.29) is 24.8 Å². The number of carbonyl (C=O) groups is 4. The van der Waals surface area contributed by atoms with Gasteiger partial charge in [-0.1, -0.05) is 37.5 Å². The fourth-order valence-corrected chi connectivity index (χ4v) is 4.68. The van der Waals surface area contributed by atoms with Crippen molar-refractivity contribution in [1.29, 1.82) is 0 Å². The summed E-state index contributed by atoms with van der Waals surface area (Å²) in [5.41, 5.74) is 0.366. The van der Waals surface area contributed by atoms with Crippen LogP contribution in [0.1, 0.15) is 48.9 Å². The Morgan fingerprint density at radius 3 is 2.17 bits per heavy atom. The zero-order valence-corrected chi connectivity index (χ0v) is 20.4. The van der Waals surface area contributed by atoms with Crippen LogP contribution in [-0.2, 0) is 9.59 Å². The van der Waals surface area contributed by atoms with Crippen molar-refractivity contribution >= 4 is 35.1 Å². The van der Waals surface area contributed by atoms with Crippen molar-refractivity contribution in [2.75, 3.05) is 31.4 Å². The molecule has 1 saturated heterocycles. The van der Waals surface area contributed by atoms with Gasteiger partial charge in [-0.05, 0) is 25.0 Å². The SMILES string of the molecule is COc1cc(NC(=O)c2ccccc2)c(OC)cc1NC(=O)CCN1C(=O)NC2(CCCCC2)C1=O. The molecular weight excluding hydrogens is 464 g/mol. The number of hydrogen-bond donors (Lipinski definition) is 3. The lowest BCUT2D eigenvalue weighted by molar-refractivity contribution is -0.132. The highest BCUT2D eigenvalue weighted by Crippen LogP contribution is 2.37. The molecule has 0 bridgehead atoms. The average molecular weight is 495 g/mol. The fraction of sp³-hybridized carbons (Fsp3) is 0.385. The first-order valence-corrected chi connectivity index (χ1v) is 11.9. The van der Waals surface area contributed by atoms with Crippen LogP contribution in [0.15, 0.2) is 42.5 Å². The minimum Gasteiger partial charge on any atom is -0.494 e. The first-order valence-electron chi connectivity index (χ1n) is 11.9. The molecule has 10 nitrogen and oxygen atoms in total. The predicted molar refractivity (Wildman–Crippen MR) is 133 cm³/mol. The number of benzene rings is 2. The van der Waals surface area contributed by atoms with Crippen molar-refractivity contribution in [1.82, 2.24) is 10.2 Å². The van der Waals surface area contributed by atoms with Crippen molar-refractivity contribution in [2.24, 2.45) is 0 Å². The lowest BCUT2D eigenvalue weighted by atomic mass is 9.82. The third-order valence-electron chi connectivity index (χ3n) is 6.60. The smallest absolute Gasteiger partial charge is 0.325 e. The van der Waals surface area contributed by atoms with Crippen LogP contribution in [0.4, 0.5) is 16.2 Å². The van der Waals surface area contributed by atoms with Gasteiger partial charge in [-0.3, -0.25) is 19.3 Å². The number of nitrogens with zero attached hydrogens (tertiary/aromatic N) is 1. The number of carbonyl (C=O) groups excluding carboxylic acids is 4. The Kier molecular flexibility index (Phi) is 7.42. The molecule has 1 heterocycles. The van der Waals surface area contributed by atoms with E-state index < -0.39 is 17.5 Å². The highest BCUT2D eigenvalue weighted by Gasteiger charge is 2.51. The number of ether oxygens (including phenoxy) is 2. The summed E-state index contributed by atoms with van der Waals surface area (Å²) >= 11 is 0. The zero-order valence-electron chi connectivity index (χ0n) is 20.4. The predicted octanol–water partition coefficient (Wildman–Crippen LogP) is 3.54. The maximum atomic E-state index is 12.9. The van der Waals surface area contributed by atoms with E-state index in [4.69, 9.17) is 9.47 Å². The van der Waals surface area contributed by atoms with Gasteiger partial charge in [0.1, 0.15) is 17.0 Å². The largest absolute Gasteiger partial charge is 0.494 e. The van der Waals surface area contributed by atoms with Crippen molar-refractivity contribution in [2.45, 2.75) is 44.1 Å². The molecule has 2 fully saturated rings. The Labute approximate surface area is 209 Å². The van der Waals surface area contributed by atoms with Crippen LogP contribution >= 0.6 is 0 Å². The first kappa shape index (κ1) is 25.0. The van der Waals surface area contributed by atoms with Gasteiger partial charge >= 0.3 is 6.03 Å². The molecule has 0 atom stereocenters. The quantitative estimate of drug-likeness (QED) is 0.482. The standard InChI is InChI=1S/C26H30N4O6/c1-35-20-16-19(28-23(32)17-9-5-3-6-10-17)21(36-2)15-18(20)27-22(31)11-14-30-24(33)26(29-25(30)34)12-7-4-8-13-26/h3,5-6,9-10,15-16H,4,7-8,11-14H2,1-2H3,(H,27,31)(H,28,32)(H,29,34). The van der Waals surface area contributed by atoms with Crippen LogP contribution in [-0.4, -0.2) is 55.0 Å². The molecule has 1 spiro atoms. The van der Waals surface area contributed by atoms with Crippen molar-refractivity contribution in [3.05, 3.63) is 48.0 Å². The molecule has 36 heavy (non-hydrogen) atoms. The van der Waals surface area contributed by atoms with Crippen LogP contribution in [0, 0.1) is 0 Å². The summed E-state index contributed by atoms with van der Waals surface area (Å²) in [4.78, 5) is 51.8. The number of hydrogen-bond acceptors (Lipinski definition) is 6. The molecule has 2 aromatic carbocycles. The van der Waals surface area contributed by atoms with Gasteiger partial charge in [0.15, 0.2) is 0 Å². The first-order chi connectivity index (χ1) is 17.4. The lowest BCUT2D eigenvalue weighted by Gasteiger charge is -2.30. The van der Waals surface area contributed by atoms with Gasteiger partial charge < -0.3 is 25.4 Å². The number of methoxy groups -OCH3 is 2. The van der Waals surface area contributed by atoms with Gasteiger partial charge in [-0.25, -0.2) is 4.79 Å². The molecule has 3 N–H and O–H groups in total. The molecular formula is C26H30N4O6. The summed E-state index contributed by atoms with van der Waals surface area (Å²) < 4.78 is 10.8. The van der Waals surface area contributed by atoms with E-state index in [0.717, 1.165) is 24.2 Å². The number of imide groups is 1. The van der Waals surface area contributed by atoms with Gasteiger partial charge in [0, 0.05) is 30.7 Å². The summed E-state index contributed by atoms with van der Waals surface area (Å²) in [6.45, 7) is -0.0249. The van der Waals surface area contributed by atoms with Crippen molar-refractivity contribution < 1.29 is 28.7 Å². The minimum absolute atomic E-state index is 0.0249. The number of nitrogens with one attached hydrogen (secondary N) is 3. The van der Waals surface area contributed by atoms with E-state index in [2.05, 4.69) is 16.0 Å². The van der Waals surface area contributed by atoms with Gasteiger partial charge in [0.2, 0.25) is 5.91 Å². The molecule has 1 aliphatic carbocycles. The van der Waals surface area contributed by atoms with E-state index in [1.165, 1.54) is 14.2 Å². The molecule has 1 aliphatic heterocycles. The molecule has 1 saturated carbocycles. The Morgan fingerprint density at radius 1 is 0.944 bits per heavy atom. The van der Waals surface area contributed by atoms with Gasteiger partial charge in [0.25, 0.3) is 11.8 Å². The number of rotatable bonds is 8. The zero-order chi connectivity index (χ0) is 25.7.